The highest BCUT2D eigenvalue weighted by molar-refractivity contribution is 6.32. The van der Waals surface area contributed by atoms with Gasteiger partial charge >= 0.3 is 5.97 Å². The van der Waals surface area contributed by atoms with Crippen LogP contribution in [0, 0.1) is 23.7 Å². The minimum Gasteiger partial charge on any atom is -0.424 e. The van der Waals surface area contributed by atoms with Gasteiger partial charge in [-0.25, -0.2) is 4.89 Å². The molecule has 9 rings (SSSR count). The van der Waals surface area contributed by atoms with Crippen LogP contribution < -0.4 is 9.64 Å². The molecule has 0 N–H and O–H groups in total. The number of methoxy groups -OCH3 is 1. The molecule has 0 aromatic heterocycles. The number of esters is 1. The number of fused-ring (bicyclic) bond motifs is 2. The Hall–Kier alpha value is -2.90. The van der Waals surface area contributed by atoms with E-state index in [4.69, 9.17) is 39.1 Å². The molecule has 1 atom stereocenters. The van der Waals surface area contributed by atoms with Gasteiger partial charge in [0.05, 0.1) is 9.13 Å². The van der Waals surface area contributed by atoms with E-state index in [1.165, 1.54) is 23.5 Å². The minimum absolute atomic E-state index is 0.000336. The maximum Gasteiger partial charge on any atom is 0.323 e. The van der Waals surface area contributed by atoms with Crippen LogP contribution in [0.25, 0.3) is 0 Å². The van der Waals surface area contributed by atoms with Gasteiger partial charge in [0.2, 0.25) is 0 Å². The summed E-state index contributed by atoms with van der Waals surface area (Å²) in [6.07, 6.45) is 4.82. The molecule has 1 unspecified atom stereocenters. The molecular weight excluding hydrogens is 526 g/mol. The second kappa shape index (κ2) is 8.80. The van der Waals surface area contributed by atoms with Crippen molar-refractivity contribution in [1.82, 2.24) is 0 Å². The van der Waals surface area contributed by atoms with Crippen LogP contribution in [0.5, 0.6) is 5.75 Å². The predicted octanol–water partition coefficient (Wildman–Crippen LogP) is 7.11. The molecule has 4 saturated carbocycles. The fraction of sp³-hybridized carbons (Fsp3) is 0.424. The number of halogens is 1. The second-order valence-corrected chi connectivity index (χ2v) is 12.3. The summed E-state index contributed by atoms with van der Waals surface area (Å²) >= 11 is 6.62. The number of hydrogen-bond donors (Lipinski definition) is 0. The average molecular weight is 564 g/mol. The summed E-state index contributed by atoms with van der Waals surface area (Å²) in [5.74, 6) is -2.13. The Morgan fingerprint density at radius 3 is 2.15 bits per heavy atom. The zero-order chi connectivity index (χ0) is 32.2. The van der Waals surface area contributed by atoms with Gasteiger partial charge in [0.15, 0.2) is 5.60 Å². The second-order valence-electron chi connectivity index (χ2n) is 11.9. The van der Waals surface area contributed by atoms with E-state index in [0.29, 0.717) is 39.9 Å². The van der Waals surface area contributed by atoms with Gasteiger partial charge in [0.1, 0.15) is 11.7 Å². The van der Waals surface area contributed by atoms with Crippen LogP contribution in [-0.4, -0.2) is 25.6 Å². The average Bonchev–Trinajstić information content (AvgIpc) is 2.97. The standard InChI is InChI=1S/C33H32ClNO5/c1-35-27-9-5-3-7-24(27)30(25-8-4-6-10-28(25)35)31(36)38-29-18-21(11-12-26(29)34)33(37-2)32(39-40-33)22-14-19-13-20(16-22)17-23(32)15-19/h3-12,18-20,22-23,30H,13-17H2,1-2H3/i1D3,2D3. The third-order valence-electron chi connectivity index (χ3n) is 10.0. The monoisotopic (exact) mass is 563 g/mol. The van der Waals surface area contributed by atoms with Crippen molar-refractivity contribution in [3.63, 3.8) is 0 Å². The Labute approximate surface area is 247 Å². The maximum absolute atomic E-state index is 14.2. The Bertz CT molecular complexity index is 1650. The Kier molecular flexibility index (Phi) is 4.24. The Morgan fingerprint density at radius 1 is 0.925 bits per heavy atom. The molecule has 4 aliphatic carbocycles. The van der Waals surface area contributed by atoms with Gasteiger partial charge in [-0.15, -0.1) is 0 Å². The van der Waals surface area contributed by atoms with Gasteiger partial charge in [-0.05, 0) is 91.2 Å². The number of carbonyl (C=O) groups is 1. The Balaban J connectivity index is 1.19. The van der Waals surface area contributed by atoms with Crippen molar-refractivity contribution in [2.75, 3.05) is 18.9 Å². The van der Waals surface area contributed by atoms with E-state index in [1.54, 1.807) is 54.6 Å². The lowest BCUT2D eigenvalue weighted by Gasteiger charge is -2.68. The van der Waals surface area contributed by atoms with E-state index >= 15 is 0 Å². The van der Waals surface area contributed by atoms with Crippen molar-refractivity contribution >= 4 is 28.9 Å². The Morgan fingerprint density at radius 2 is 1.57 bits per heavy atom. The minimum atomic E-state index is -2.81. The lowest BCUT2D eigenvalue weighted by molar-refractivity contribution is -0.645. The highest BCUT2D eigenvalue weighted by atomic mass is 35.5. The molecule has 6 aliphatic rings. The molecule has 2 aliphatic heterocycles. The summed E-state index contributed by atoms with van der Waals surface area (Å²) in [6, 6.07) is 18.4. The van der Waals surface area contributed by atoms with Crippen molar-refractivity contribution < 1.29 is 32.3 Å². The highest BCUT2D eigenvalue weighted by Gasteiger charge is 2.76. The van der Waals surface area contributed by atoms with Crippen LogP contribution in [0.4, 0.5) is 11.4 Å². The fourth-order valence-corrected chi connectivity index (χ4v) is 8.73. The van der Waals surface area contributed by atoms with Crippen LogP contribution in [0.2, 0.25) is 5.02 Å². The predicted molar refractivity (Wildman–Crippen MR) is 151 cm³/mol. The molecule has 0 radical (unpaired) electrons. The zero-order valence-corrected chi connectivity index (χ0v) is 22.4. The summed E-state index contributed by atoms with van der Waals surface area (Å²) in [4.78, 5) is 27.2. The molecular formula is C33H32ClNO5. The van der Waals surface area contributed by atoms with Gasteiger partial charge in [0, 0.05) is 35.1 Å². The first kappa shape index (κ1) is 19.3. The molecule has 3 aromatic carbocycles. The summed E-state index contributed by atoms with van der Waals surface area (Å²) in [7, 11) is -2.81. The van der Waals surface area contributed by atoms with Crippen LogP contribution in [0.3, 0.4) is 0 Å². The normalized spacial score (nSPS) is 36.3. The molecule has 7 heteroatoms. The van der Waals surface area contributed by atoms with Crippen molar-refractivity contribution in [1.29, 1.82) is 0 Å². The fourth-order valence-electron chi connectivity index (χ4n) is 8.58. The van der Waals surface area contributed by atoms with Crippen molar-refractivity contribution in [2.45, 2.75) is 49.4 Å². The quantitative estimate of drug-likeness (QED) is 0.191. The molecule has 1 saturated heterocycles. The number of nitrogens with zero attached hydrogens (tertiary/aromatic N) is 1. The first-order chi connectivity index (χ1) is 21.8. The van der Waals surface area contributed by atoms with E-state index in [0.717, 1.165) is 25.7 Å². The highest BCUT2D eigenvalue weighted by Crippen LogP contribution is 2.69. The maximum atomic E-state index is 14.2. The molecule has 3 aromatic rings. The van der Waals surface area contributed by atoms with Gasteiger partial charge < -0.3 is 14.4 Å². The SMILES string of the molecule is [2H]C([2H])([2H])OC1(c2ccc(Cl)c(OC(=O)C3c4ccccc4N(C([2H])([2H])[2H])c4ccccc43)c2)OOC12C1CC3CC(C1)CC2C3. The molecule has 0 amide bonds. The van der Waals surface area contributed by atoms with E-state index in [-0.39, 0.29) is 22.6 Å². The summed E-state index contributed by atoms with van der Waals surface area (Å²) < 4.78 is 60.9. The van der Waals surface area contributed by atoms with Gasteiger partial charge in [-0.3, -0.25) is 4.79 Å². The van der Waals surface area contributed by atoms with Crippen molar-refractivity contribution in [3.8, 4) is 5.75 Å². The van der Waals surface area contributed by atoms with Crippen molar-refractivity contribution in [2.24, 2.45) is 23.7 Å². The van der Waals surface area contributed by atoms with E-state index in [9.17, 15) is 4.79 Å². The molecule has 5 fully saturated rings. The molecule has 40 heavy (non-hydrogen) atoms. The number of carbonyl (C=O) groups excluding carboxylic acids is 1. The molecule has 4 bridgehead atoms. The lowest BCUT2D eigenvalue weighted by atomic mass is 9.47. The molecule has 2 heterocycles. The van der Waals surface area contributed by atoms with Crippen LogP contribution in [0.1, 0.15) is 62.9 Å². The van der Waals surface area contributed by atoms with Crippen LogP contribution >= 0.6 is 11.6 Å². The van der Waals surface area contributed by atoms with E-state index in [2.05, 4.69) is 0 Å². The number of rotatable bonds is 4. The van der Waals surface area contributed by atoms with Crippen LogP contribution in [-0.2, 0) is 25.1 Å². The summed E-state index contributed by atoms with van der Waals surface area (Å²) in [5, 5.41) is 0.127. The van der Waals surface area contributed by atoms with Crippen molar-refractivity contribution in [3.05, 3.63) is 88.4 Å². The third-order valence-corrected chi connectivity index (χ3v) is 10.4. The number of benzene rings is 3. The first-order valence-corrected chi connectivity index (χ1v) is 14.3. The number of ether oxygens (including phenoxy) is 2. The van der Waals surface area contributed by atoms with Gasteiger partial charge in [-0.1, -0.05) is 54.1 Å². The number of hydrogen-bond acceptors (Lipinski definition) is 6. The molecule has 1 spiro atoms. The molecule has 206 valence electrons. The van der Waals surface area contributed by atoms with Gasteiger partial charge in [-0.2, -0.15) is 4.89 Å². The summed E-state index contributed by atoms with van der Waals surface area (Å²) in [6.45, 7) is -2.51. The lowest BCUT2D eigenvalue weighted by Crippen LogP contribution is -2.76. The van der Waals surface area contributed by atoms with Crippen LogP contribution in [0.15, 0.2) is 66.7 Å². The third kappa shape index (κ3) is 3.19. The number of anilines is 2. The summed E-state index contributed by atoms with van der Waals surface area (Å²) in [5.41, 5.74) is 1.03. The van der Waals surface area contributed by atoms with E-state index in [1.807, 2.05) is 0 Å². The topological polar surface area (TPSA) is 57.2 Å². The first-order valence-electron chi connectivity index (χ1n) is 16.9. The molecule has 6 nitrogen and oxygen atoms in total. The van der Waals surface area contributed by atoms with E-state index < -0.39 is 37.3 Å². The smallest absolute Gasteiger partial charge is 0.323 e. The van der Waals surface area contributed by atoms with Gasteiger partial charge in [0.25, 0.3) is 5.79 Å². The zero-order valence-electron chi connectivity index (χ0n) is 27.6. The number of para-hydroxylation sites is 2. The largest absolute Gasteiger partial charge is 0.424 e.